The van der Waals surface area contributed by atoms with E-state index in [4.69, 9.17) is 4.74 Å². The van der Waals surface area contributed by atoms with Gasteiger partial charge < -0.3 is 15.4 Å². The molecule has 3 aromatic rings. The topological polar surface area (TPSA) is 72.0 Å². The highest BCUT2D eigenvalue weighted by Gasteiger charge is 2.33. The highest BCUT2D eigenvalue weighted by atomic mass is 19.4. The van der Waals surface area contributed by atoms with Crippen LogP contribution in [0, 0.1) is 0 Å². The molecule has 6 nitrogen and oxygen atoms in total. The average Bonchev–Trinajstić information content (AvgIpc) is 2.66. The summed E-state index contributed by atoms with van der Waals surface area (Å²) in [4.78, 5) is 4.16. The Labute approximate surface area is 153 Å². The maximum atomic E-state index is 13.1. The zero-order valence-electron chi connectivity index (χ0n) is 14.3. The lowest BCUT2D eigenvalue weighted by Crippen LogP contribution is -2.10. The average molecular weight is 375 g/mol. The smallest absolute Gasteiger partial charge is 0.418 e. The Hall–Kier alpha value is -3.36. The van der Waals surface area contributed by atoms with Crippen LogP contribution in [0.5, 0.6) is 5.75 Å². The van der Waals surface area contributed by atoms with E-state index >= 15 is 0 Å². The summed E-state index contributed by atoms with van der Waals surface area (Å²) in [5, 5.41) is 13.1. The number of nitrogens with zero attached hydrogens (tertiary/aromatic N) is 3. The normalized spacial score (nSPS) is 11.1. The first-order chi connectivity index (χ1) is 13.0. The Morgan fingerprint density at radius 1 is 1.04 bits per heavy atom. The predicted octanol–water partition coefficient (Wildman–Crippen LogP) is 4.25. The van der Waals surface area contributed by atoms with Gasteiger partial charge in [0.15, 0.2) is 5.82 Å². The van der Waals surface area contributed by atoms with Crippen LogP contribution in [0.4, 0.5) is 30.6 Å². The van der Waals surface area contributed by atoms with Crippen molar-refractivity contribution in [2.24, 2.45) is 0 Å². The van der Waals surface area contributed by atoms with Crippen LogP contribution in [0.25, 0.3) is 0 Å². The minimum absolute atomic E-state index is 0.0447. The molecule has 0 aliphatic carbocycles. The number of para-hydroxylation sites is 2. The van der Waals surface area contributed by atoms with Gasteiger partial charge in [-0.3, -0.25) is 0 Å². The van der Waals surface area contributed by atoms with Crippen molar-refractivity contribution in [3.63, 3.8) is 0 Å². The second-order valence-electron chi connectivity index (χ2n) is 5.50. The molecule has 0 saturated heterocycles. The summed E-state index contributed by atoms with van der Waals surface area (Å²) in [6.07, 6.45) is -3.10. The van der Waals surface area contributed by atoms with E-state index in [9.17, 15) is 13.2 Å². The lowest BCUT2D eigenvalue weighted by atomic mass is 10.1. The van der Waals surface area contributed by atoms with Crippen molar-refractivity contribution in [1.29, 1.82) is 0 Å². The number of anilines is 3. The summed E-state index contributed by atoms with van der Waals surface area (Å²) in [6.45, 7) is 0.404. The second kappa shape index (κ2) is 7.90. The highest BCUT2D eigenvalue weighted by Crippen LogP contribution is 2.35. The first kappa shape index (κ1) is 18.4. The van der Waals surface area contributed by atoms with E-state index in [-0.39, 0.29) is 11.6 Å². The van der Waals surface area contributed by atoms with Gasteiger partial charge in [-0.15, -0.1) is 5.10 Å². The van der Waals surface area contributed by atoms with Crippen LogP contribution < -0.4 is 15.4 Å². The summed E-state index contributed by atoms with van der Waals surface area (Å²) >= 11 is 0. The molecule has 1 heterocycles. The van der Waals surface area contributed by atoms with Gasteiger partial charge in [0, 0.05) is 12.1 Å². The van der Waals surface area contributed by atoms with Crippen molar-refractivity contribution in [1.82, 2.24) is 15.2 Å². The number of rotatable bonds is 6. The number of benzene rings is 2. The Kier molecular flexibility index (Phi) is 5.39. The maximum Gasteiger partial charge on any atom is 0.418 e. The molecule has 27 heavy (non-hydrogen) atoms. The van der Waals surface area contributed by atoms with E-state index < -0.39 is 11.7 Å². The maximum absolute atomic E-state index is 13.1. The predicted molar refractivity (Wildman–Crippen MR) is 94.9 cm³/mol. The van der Waals surface area contributed by atoms with Crippen LogP contribution in [0.1, 0.15) is 11.1 Å². The van der Waals surface area contributed by atoms with Gasteiger partial charge in [-0.2, -0.15) is 23.3 Å². The lowest BCUT2D eigenvalue weighted by Gasteiger charge is -2.13. The van der Waals surface area contributed by atoms with Gasteiger partial charge in [0.25, 0.3) is 0 Å². The molecule has 3 rings (SSSR count). The molecule has 0 unspecified atom stereocenters. The minimum Gasteiger partial charge on any atom is -0.496 e. The number of hydrogen-bond acceptors (Lipinski definition) is 6. The van der Waals surface area contributed by atoms with Gasteiger partial charge in [-0.05, 0) is 18.2 Å². The number of ether oxygens (including phenoxy) is 1. The highest BCUT2D eigenvalue weighted by molar-refractivity contribution is 5.60. The van der Waals surface area contributed by atoms with Gasteiger partial charge in [0.2, 0.25) is 5.95 Å². The monoisotopic (exact) mass is 375 g/mol. The third-order valence-electron chi connectivity index (χ3n) is 3.69. The van der Waals surface area contributed by atoms with E-state index in [1.165, 1.54) is 24.4 Å². The zero-order valence-corrected chi connectivity index (χ0v) is 14.3. The summed E-state index contributed by atoms with van der Waals surface area (Å²) < 4.78 is 44.5. The molecule has 0 aliphatic heterocycles. The van der Waals surface area contributed by atoms with Crippen LogP contribution in [0.3, 0.4) is 0 Å². The second-order valence-corrected chi connectivity index (χ2v) is 5.50. The fourth-order valence-electron chi connectivity index (χ4n) is 2.44. The molecule has 0 amide bonds. The molecule has 9 heteroatoms. The van der Waals surface area contributed by atoms with Crippen LogP contribution in [-0.2, 0) is 12.7 Å². The molecule has 2 aromatic carbocycles. The van der Waals surface area contributed by atoms with E-state index in [2.05, 4.69) is 25.8 Å². The molecule has 0 atom stereocenters. The molecule has 0 radical (unpaired) electrons. The fraction of sp³-hybridized carbons (Fsp3) is 0.167. The van der Waals surface area contributed by atoms with Gasteiger partial charge >= 0.3 is 6.18 Å². The molecule has 0 bridgehead atoms. The van der Waals surface area contributed by atoms with E-state index in [0.717, 1.165) is 11.6 Å². The molecular formula is C18H16F3N5O. The third kappa shape index (κ3) is 4.63. The number of nitrogens with one attached hydrogen (secondary N) is 2. The largest absolute Gasteiger partial charge is 0.496 e. The van der Waals surface area contributed by atoms with Gasteiger partial charge in [0.05, 0.1) is 24.6 Å². The Bertz CT molecular complexity index is 917. The Morgan fingerprint density at radius 2 is 1.78 bits per heavy atom. The SMILES string of the molecule is COc1ccccc1CNc1cnnc(Nc2ccccc2C(F)(F)F)n1. The molecule has 2 N–H and O–H groups in total. The van der Waals surface area contributed by atoms with Gasteiger partial charge in [0.1, 0.15) is 5.75 Å². The standard InChI is InChI=1S/C18H16F3N5O/c1-27-15-9-5-2-6-12(15)10-22-16-11-23-26-17(25-16)24-14-8-4-3-7-13(14)18(19,20)21/h2-9,11H,10H2,1H3,(H2,22,24,25,26). The quantitative estimate of drug-likeness (QED) is 0.671. The Morgan fingerprint density at radius 3 is 2.56 bits per heavy atom. The first-order valence-electron chi connectivity index (χ1n) is 7.96. The zero-order chi connectivity index (χ0) is 19.3. The van der Waals surface area contributed by atoms with E-state index in [0.29, 0.717) is 18.1 Å². The molecule has 0 saturated carbocycles. The van der Waals surface area contributed by atoms with Crippen LogP contribution in [0.15, 0.2) is 54.7 Å². The summed E-state index contributed by atoms with van der Waals surface area (Å²) in [7, 11) is 1.57. The molecule has 140 valence electrons. The van der Waals surface area contributed by atoms with Crippen molar-refractivity contribution in [2.75, 3.05) is 17.7 Å². The molecule has 0 fully saturated rings. The van der Waals surface area contributed by atoms with Gasteiger partial charge in [-0.25, -0.2) is 0 Å². The van der Waals surface area contributed by atoms with Crippen LogP contribution in [-0.4, -0.2) is 22.3 Å². The van der Waals surface area contributed by atoms with Crippen molar-refractivity contribution in [2.45, 2.75) is 12.7 Å². The molecule has 0 spiro atoms. The van der Waals surface area contributed by atoms with Gasteiger partial charge in [-0.1, -0.05) is 30.3 Å². The molecule has 0 aliphatic rings. The Balaban J connectivity index is 1.75. The van der Waals surface area contributed by atoms with Crippen molar-refractivity contribution in [3.8, 4) is 5.75 Å². The van der Waals surface area contributed by atoms with Crippen molar-refractivity contribution in [3.05, 3.63) is 65.9 Å². The van der Waals surface area contributed by atoms with Crippen LogP contribution in [0.2, 0.25) is 0 Å². The fourth-order valence-corrected chi connectivity index (χ4v) is 2.44. The number of halogens is 3. The lowest BCUT2D eigenvalue weighted by molar-refractivity contribution is -0.136. The minimum atomic E-state index is -4.49. The van der Waals surface area contributed by atoms with Crippen molar-refractivity contribution < 1.29 is 17.9 Å². The number of methoxy groups -OCH3 is 1. The molecular weight excluding hydrogens is 359 g/mol. The van der Waals surface area contributed by atoms with Crippen molar-refractivity contribution >= 4 is 17.5 Å². The number of alkyl halides is 3. The third-order valence-corrected chi connectivity index (χ3v) is 3.69. The number of aromatic nitrogens is 3. The first-order valence-corrected chi connectivity index (χ1v) is 7.96. The molecule has 1 aromatic heterocycles. The summed E-state index contributed by atoms with van der Waals surface area (Å²) in [6, 6.07) is 12.6. The van der Waals surface area contributed by atoms with Crippen LogP contribution >= 0.6 is 0 Å². The summed E-state index contributed by atoms with van der Waals surface area (Å²) in [5.74, 6) is 1.03. The van der Waals surface area contributed by atoms with E-state index in [1.54, 1.807) is 7.11 Å². The summed E-state index contributed by atoms with van der Waals surface area (Å²) in [5.41, 5.74) is -0.0507. The number of hydrogen-bond donors (Lipinski definition) is 2. The van der Waals surface area contributed by atoms with E-state index in [1.807, 2.05) is 24.3 Å².